The van der Waals surface area contributed by atoms with Gasteiger partial charge in [0, 0.05) is 30.9 Å². The van der Waals surface area contributed by atoms with Crippen LogP contribution in [0.15, 0.2) is 83.3 Å². The largest absolute Gasteiger partial charge is 0.461 e. The first-order valence-corrected chi connectivity index (χ1v) is 10.2. The molecule has 0 saturated carbocycles. The van der Waals surface area contributed by atoms with E-state index in [1.807, 2.05) is 97.9 Å². The van der Waals surface area contributed by atoms with Crippen LogP contribution in [-0.2, 0) is 4.74 Å². The molecule has 0 unspecified atom stereocenters. The third-order valence-corrected chi connectivity index (χ3v) is 4.98. The van der Waals surface area contributed by atoms with Crippen LogP contribution in [0, 0.1) is 0 Å². The number of hydrogen-bond donors (Lipinski definition) is 0. The zero-order chi connectivity index (χ0) is 21.8. The van der Waals surface area contributed by atoms with Gasteiger partial charge in [-0.25, -0.2) is 9.78 Å². The fourth-order valence-corrected chi connectivity index (χ4v) is 3.42. The topological polar surface area (TPSA) is 55.6 Å². The van der Waals surface area contributed by atoms with Crippen LogP contribution in [0.3, 0.4) is 0 Å². The molecule has 0 amide bonds. The molecule has 31 heavy (non-hydrogen) atoms. The maximum atomic E-state index is 12.7. The summed E-state index contributed by atoms with van der Waals surface area (Å²) in [7, 11) is 3.96. The van der Waals surface area contributed by atoms with Gasteiger partial charge in [-0.3, -0.25) is 0 Å². The van der Waals surface area contributed by atoms with Crippen molar-refractivity contribution in [1.29, 1.82) is 0 Å². The third-order valence-electron chi connectivity index (χ3n) is 4.98. The van der Waals surface area contributed by atoms with Crippen molar-refractivity contribution < 1.29 is 13.9 Å². The quantitative estimate of drug-likeness (QED) is 0.368. The van der Waals surface area contributed by atoms with Gasteiger partial charge in [-0.1, -0.05) is 48.5 Å². The van der Waals surface area contributed by atoms with E-state index < -0.39 is 5.97 Å². The first kappa shape index (κ1) is 20.4. The molecule has 1 aromatic heterocycles. The van der Waals surface area contributed by atoms with Crippen LogP contribution < -0.4 is 4.90 Å². The molecule has 4 rings (SSSR count). The van der Waals surface area contributed by atoms with Crippen molar-refractivity contribution in [3.8, 4) is 33.9 Å². The molecule has 0 saturated heterocycles. The maximum absolute atomic E-state index is 12.7. The molecule has 0 bridgehead atoms. The molecule has 1 heterocycles. The van der Waals surface area contributed by atoms with Crippen LogP contribution in [0.4, 0.5) is 5.69 Å². The lowest BCUT2D eigenvalue weighted by atomic mass is 10.00. The van der Waals surface area contributed by atoms with Crippen LogP contribution in [0.5, 0.6) is 0 Å². The van der Waals surface area contributed by atoms with Gasteiger partial charge in [0.25, 0.3) is 0 Å². The summed E-state index contributed by atoms with van der Waals surface area (Å²) in [6.07, 6.45) is 0. The van der Waals surface area contributed by atoms with E-state index in [9.17, 15) is 4.79 Å². The van der Waals surface area contributed by atoms with E-state index in [0.29, 0.717) is 11.7 Å². The van der Waals surface area contributed by atoms with E-state index >= 15 is 0 Å². The molecule has 0 aliphatic heterocycles. The zero-order valence-corrected chi connectivity index (χ0v) is 17.8. The highest BCUT2D eigenvalue weighted by Crippen LogP contribution is 2.36. The molecule has 0 spiro atoms. The lowest BCUT2D eigenvalue weighted by molar-refractivity contribution is 0.0520. The van der Waals surface area contributed by atoms with Crippen LogP contribution in [0.25, 0.3) is 33.9 Å². The van der Waals surface area contributed by atoms with Gasteiger partial charge in [0.15, 0.2) is 11.5 Å². The summed E-state index contributed by atoms with van der Waals surface area (Å²) >= 11 is 0. The molecule has 0 aliphatic rings. The van der Waals surface area contributed by atoms with Crippen molar-refractivity contribution in [2.24, 2.45) is 0 Å². The summed E-state index contributed by atoms with van der Waals surface area (Å²) in [5.74, 6) is 0.289. The second kappa shape index (κ2) is 8.88. The number of carbonyl (C=O) groups is 1. The Morgan fingerprint density at radius 1 is 0.871 bits per heavy atom. The number of rotatable bonds is 6. The molecular weight excluding hydrogens is 388 g/mol. The summed E-state index contributed by atoms with van der Waals surface area (Å²) < 4.78 is 11.4. The van der Waals surface area contributed by atoms with Gasteiger partial charge in [-0.05, 0) is 48.4 Å². The fraction of sp³-hybridized carbons (Fsp3) is 0.154. The first-order chi connectivity index (χ1) is 15.1. The highest BCUT2D eigenvalue weighted by Gasteiger charge is 2.24. The van der Waals surface area contributed by atoms with Crippen LogP contribution in [0.2, 0.25) is 0 Å². The van der Waals surface area contributed by atoms with Crippen LogP contribution >= 0.6 is 0 Å². The number of hydrogen-bond acceptors (Lipinski definition) is 5. The Bertz CT molecular complexity index is 1180. The molecular formula is C26H24N2O3. The Balaban J connectivity index is 1.84. The minimum atomic E-state index is -0.499. The summed E-state index contributed by atoms with van der Waals surface area (Å²) in [5.41, 5.74) is 4.84. The average Bonchev–Trinajstić information content (AvgIpc) is 3.25. The minimum absolute atomic E-state index is 0.178. The lowest BCUT2D eigenvalue weighted by Crippen LogP contribution is -2.08. The standard InChI is InChI=1S/C26H24N2O3/c1-4-30-26(29)23-24(19-14-16-20(17-15-19)28(2)3)31-25(27-23)22-13-9-8-12-21(22)18-10-6-5-7-11-18/h5-17H,4H2,1-3H3. The zero-order valence-electron chi connectivity index (χ0n) is 17.8. The average molecular weight is 412 g/mol. The number of ether oxygens (including phenoxy) is 1. The summed E-state index contributed by atoms with van der Waals surface area (Å²) in [4.78, 5) is 19.2. The highest BCUT2D eigenvalue weighted by molar-refractivity contribution is 5.95. The van der Waals surface area contributed by atoms with E-state index in [0.717, 1.165) is 27.9 Å². The van der Waals surface area contributed by atoms with E-state index in [-0.39, 0.29) is 12.3 Å². The molecule has 0 aliphatic carbocycles. The van der Waals surface area contributed by atoms with Crippen molar-refractivity contribution in [3.63, 3.8) is 0 Å². The molecule has 5 heteroatoms. The number of oxazole rings is 1. The monoisotopic (exact) mass is 412 g/mol. The second-order valence-electron chi connectivity index (χ2n) is 7.27. The fourth-order valence-electron chi connectivity index (χ4n) is 3.42. The van der Waals surface area contributed by atoms with Crippen LogP contribution in [-0.4, -0.2) is 31.7 Å². The lowest BCUT2D eigenvalue weighted by Gasteiger charge is -2.12. The Labute approximate surface area is 181 Å². The Morgan fingerprint density at radius 3 is 2.16 bits per heavy atom. The van der Waals surface area contributed by atoms with Gasteiger partial charge < -0.3 is 14.1 Å². The number of benzene rings is 3. The summed E-state index contributed by atoms with van der Waals surface area (Å²) in [6.45, 7) is 2.04. The van der Waals surface area contributed by atoms with Crippen molar-refractivity contribution in [2.45, 2.75) is 6.92 Å². The van der Waals surface area contributed by atoms with Gasteiger partial charge >= 0.3 is 5.97 Å². The van der Waals surface area contributed by atoms with E-state index in [4.69, 9.17) is 9.15 Å². The van der Waals surface area contributed by atoms with Crippen molar-refractivity contribution in [3.05, 3.63) is 84.6 Å². The number of carbonyl (C=O) groups excluding carboxylic acids is 1. The number of anilines is 1. The maximum Gasteiger partial charge on any atom is 0.361 e. The summed E-state index contributed by atoms with van der Waals surface area (Å²) in [6, 6.07) is 25.7. The molecule has 156 valence electrons. The van der Waals surface area contributed by atoms with Gasteiger partial charge in [-0.15, -0.1) is 0 Å². The summed E-state index contributed by atoms with van der Waals surface area (Å²) in [5, 5.41) is 0. The van der Waals surface area contributed by atoms with Crippen molar-refractivity contribution in [1.82, 2.24) is 4.98 Å². The van der Waals surface area contributed by atoms with Gasteiger partial charge in [0.05, 0.1) is 6.61 Å². The Kier molecular flexibility index (Phi) is 5.85. The molecule has 0 atom stereocenters. The van der Waals surface area contributed by atoms with Crippen LogP contribution in [0.1, 0.15) is 17.4 Å². The molecule has 3 aromatic carbocycles. The molecule has 0 N–H and O–H groups in total. The van der Waals surface area contributed by atoms with Crippen molar-refractivity contribution in [2.75, 3.05) is 25.6 Å². The molecule has 0 fully saturated rings. The highest BCUT2D eigenvalue weighted by atomic mass is 16.5. The molecule has 0 radical (unpaired) electrons. The van der Waals surface area contributed by atoms with Crippen molar-refractivity contribution >= 4 is 11.7 Å². The smallest absolute Gasteiger partial charge is 0.361 e. The van der Waals surface area contributed by atoms with E-state index in [1.165, 1.54) is 0 Å². The number of esters is 1. The number of aromatic nitrogens is 1. The predicted octanol–water partition coefficient (Wildman–Crippen LogP) is 5.92. The number of nitrogens with zero attached hydrogens (tertiary/aromatic N) is 2. The SMILES string of the molecule is CCOC(=O)c1nc(-c2ccccc2-c2ccccc2)oc1-c1ccc(N(C)C)cc1. The second-order valence-corrected chi connectivity index (χ2v) is 7.27. The normalized spacial score (nSPS) is 10.7. The molecule has 4 aromatic rings. The Morgan fingerprint density at radius 2 is 1.52 bits per heavy atom. The van der Waals surface area contributed by atoms with E-state index in [2.05, 4.69) is 4.98 Å². The molecule has 5 nitrogen and oxygen atoms in total. The Hall–Kier alpha value is -3.86. The predicted molar refractivity (Wildman–Crippen MR) is 123 cm³/mol. The third kappa shape index (κ3) is 4.21. The van der Waals surface area contributed by atoms with E-state index in [1.54, 1.807) is 6.92 Å². The first-order valence-electron chi connectivity index (χ1n) is 10.2. The van der Waals surface area contributed by atoms with Gasteiger partial charge in [-0.2, -0.15) is 0 Å². The van der Waals surface area contributed by atoms with Gasteiger partial charge in [0.2, 0.25) is 5.89 Å². The van der Waals surface area contributed by atoms with Gasteiger partial charge in [0.1, 0.15) is 0 Å². The minimum Gasteiger partial charge on any atom is -0.461 e.